The molecule has 0 radical (unpaired) electrons. The second-order valence-electron chi connectivity index (χ2n) is 5.79. The van der Waals surface area contributed by atoms with Gasteiger partial charge in [0.25, 0.3) is 11.8 Å². The van der Waals surface area contributed by atoms with E-state index in [9.17, 15) is 14.4 Å². The van der Waals surface area contributed by atoms with Gasteiger partial charge in [-0.3, -0.25) is 14.4 Å². The van der Waals surface area contributed by atoms with Crippen LogP contribution in [0.15, 0.2) is 36.4 Å². The fraction of sp³-hybridized carbons (Fsp3) is 0.211. The lowest BCUT2D eigenvalue weighted by molar-refractivity contribution is -0.120. The second-order valence-corrected chi connectivity index (χ2v) is 6.19. The highest BCUT2D eigenvalue weighted by Gasteiger charge is 2.17. The van der Waals surface area contributed by atoms with Crippen LogP contribution in [-0.4, -0.2) is 38.0 Å². The molecule has 0 aromatic heterocycles. The van der Waals surface area contributed by atoms with E-state index in [0.717, 1.165) is 0 Å². The van der Waals surface area contributed by atoms with E-state index >= 15 is 0 Å². The summed E-state index contributed by atoms with van der Waals surface area (Å²) in [5.74, 6) is -0.732. The Hall–Kier alpha value is -3.46. The third-order valence-electron chi connectivity index (χ3n) is 3.58. The monoisotopic (exact) mass is 421 g/mol. The maximum absolute atomic E-state index is 12.5. The Balaban J connectivity index is 2.07. The van der Waals surface area contributed by atoms with E-state index in [4.69, 9.17) is 37.3 Å². The van der Waals surface area contributed by atoms with Crippen molar-refractivity contribution in [3.05, 3.63) is 47.0 Å². The van der Waals surface area contributed by atoms with Crippen molar-refractivity contribution in [3.8, 4) is 17.2 Å². The first-order chi connectivity index (χ1) is 13.8. The summed E-state index contributed by atoms with van der Waals surface area (Å²) in [6.07, 6.45) is 0.111. The predicted molar refractivity (Wildman–Crippen MR) is 106 cm³/mol. The Labute approximate surface area is 171 Å². The number of hydrogen-bond acceptors (Lipinski definition) is 6. The van der Waals surface area contributed by atoms with E-state index < -0.39 is 17.7 Å². The first-order valence-corrected chi connectivity index (χ1v) is 8.79. The number of halogens is 1. The summed E-state index contributed by atoms with van der Waals surface area (Å²) in [7, 11) is 1.38. The van der Waals surface area contributed by atoms with Crippen LogP contribution in [0.4, 0.5) is 5.69 Å². The highest BCUT2D eigenvalue weighted by atomic mass is 35.5. The maximum atomic E-state index is 12.5. The van der Waals surface area contributed by atoms with E-state index in [1.54, 1.807) is 24.3 Å². The fourth-order valence-corrected chi connectivity index (χ4v) is 2.51. The molecule has 154 valence electrons. The van der Waals surface area contributed by atoms with E-state index in [0.29, 0.717) is 11.4 Å². The van der Waals surface area contributed by atoms with Crippen LogP contribution in [0.3, 0.4) is 0 Å². The van der Waals surface area contributed by atoms with Crippen molar-refractivity contribution in [2.24, 2.45) is 11.5 Å². The molecule has 3 amide bonds. The predicted octanol–water partition coefficient (Wildman–Crippen LogP) is 1.72. The quantitative estimate of drug-likeness (QED) is 0.533. The first-order valence-electron chi connectivity index (χ1n) is 8.41. The van der Waals surface area contributed by atoms with Crippen LogP contribution in [0, 0.1) is 0 Å². The Bertz CT molecular complexity index is 902. The first kappa shape index (κ1) is 21.8. The molecule has 0 spiro atoms. The zero-order valence-corrected chi connectivity index (χ0v) is 16.3. The van der Waals surface area contributed by atoms with Crippen molar-refractivity contribution < 1.29 is 28.6 Å². The molecule has 0 saturated carbocycles. The third-order valence-corrected chi connectivity index (χ3v) is 3.86. The van der Waals surface area contributed by atoms with Gasteiger partial charge in [0.15, 0.2) is 18.1 Å². The van der Waals surface area contributed by atoms with E-state index in [2.05, 4.69) is 5.32 Å². The van der Waals surface area contributed by atoms with Crippen LogP contribution in [0.1, 0.15) is 16.8 Å². The molecule has 5 N–H and O–H groups in total. The minimum Gasteiger partial charge on any atom is -0.493 e. The SMILES string of the molecule is COc1cc(C(=O)Nc2ccc(OCCC(N)=O)cc2)cc(Cl)c1OCC(N)=O. The number of carbonyl (C=O) groups is 3. The average Bonchev–Trinajstić information content (AvgIpc) is 2.67. The Morgan fingerprint density at radius 1 is 1.03 bits per heavy atom. The van der Waals surface area contributed by atoms with Gasteiger partial charge < -0.3 is 31.0 Å². The highest BCUT2D eigenvalue weighted by molar-refractivity contribution is 6.32. The fourth-order valence-electron chi connectivity index (χ4n) is 2.24. The van der Waals surface area contributed by atoms with Gasteiger partial charge in [0.2, 0.25) is 5.91 Å². The lowest BCUT2D eigenvalue weighted by Gasteiger charge is -2.13. The molecule has 2 rings (SSSR count). The number of carbonyl (C=O) groups excluding carboxylic acids is 3. The number of hydrogen-bond donors (Lipinski definition) is 3. The summed E-state index contributed by atoms with van der Waals surface area (Å²) in [6.45, 7) is -0.209. The van der Waals surface area contributed by atoms with Gasteiger partial charge in [-0.15, -0.1) is 0 Å². The summed E-state index contributed by atoms with van der Waals surface area (Å²) in [5.41, 5.74) is 10.8. The van der Waals surface area contributed by atoms with Gasteiger partial charge in [-0.05, 0) is 36.4 Å². The van der Waals surface area contributed by atoms with Crippen LogP contribution >= 0.6 is 11.6 Å². The van der Waals surface area contributed by atoms with Crippen LogP contribution in [0.25, 0.3) is 0 Å². The number of amides is 3. The van der Waals surface area contributed by atoms with Gasteiger partial charge in [0.1, 0.15) is 5.75 Å². The second kappa shape index (κ2) is 10.2. The van der Waals surface area contributed by atoms with Crippen molar-refractivity contribution in [3.63, 3.8) is 0 Å². The van der Waals surface area contributed by atoms with Gasteiger partial charge >= 0.3 is 0 Å². The number of ether oxygens (including phenoxy) is 3. The number of nitrogens with one attached hydrogen (secondary N) is 1. The maximum Gasteiger partial charge on any atom is 0.255 e. The molecule has 0 atom stereocenters. The lowest BCUT2D eigenvalue weighted by atomic mass is 10.1. The molecule has 0 aliphatic carbocycles. The Morgan fingerprint density at radius 3 is 2.31 bits per heavy atom. The molecule has 2 aromatic rings. The molecule has 29 heavy (non-hydrogen) atoms. The van der Waals surface area contributed by atoms with E-state index in [-0.39, 0.29) is 41.7 Å². The molecule has 0 bridgehead atoms. The molecular formula is C19H20ClN3O6. The minimum atomic E-state index is -0.674. The summed E-state index contributed by atoms with van der Waals surface area (Å²) >= 11 is 6.15. The Kier molecular flexibility index (Phi) is 7.67. The minimum absolute atomic E-state index is 0.0916. The van der Waals surface area contributed by atoms with Crippen molar-refractivity contribution in [2.75, 3.05) is 25.6 Å². The summed E-state index contributed by atoms with van der Waals surface area (Å²) in [4.78, 5) is 34.1. The zero-order valence-electron chi connectivity index (χ0n) is 15.6. The number of benzene rings is 2. The molecule has 0 unspecified atom stereocenters. The van der Waals surface area contributed by atoms with Gasteiger partial charge in [0.05, 0.1) is 25.2 Å². The van der Waals surface area contributed by atoms with Crippen LogP contribution < -0.4 is 31.0 Å². The number of nitrogens with two attached hydrogens (primary N) is 2. The molecule has 2 aromatic carbocycles. The van der Waals surface area contributed by atoms with Crippen LogP contribution in [-0.2, 0) is 9.59 Å². The molecule has 0 fully saturated rings. The third kappa shape index (κ3) is 6.58. The van der Waals surface area contributed by atoms with Gasteiger partial charge in [0, 0.05) is 11.3 Å². The molecule has 0 heterocycles. The number of anilines is 1. The highest BCUT2D eigenvalue weighted by Crippen LogP contribution is 2.36. The van der Waals surface area contributed by atoms with Crippen molar-refractivity contribution in [2.45, 2.75) is 6.42 Å². The number of primary amides is 2. The van der Waals surface area contributed by atoms with Crippen molar-refractivity contribution in [1.29, 1.82) is 0 Å². The van der Waals surface area contributed by atoms with E-state index in [1.807, 2.05) is 0 Å². The molecule has 0 aliphatic rings. The molecule has 0 aliphatic heterocycles. The summed E-state index contributed by atoms with van der Waals surface area (Å²) in [6, 6.07) is 9.38. The average molecular weight is 422 g/mol. The van der Waals surface area contributed by atoms with E-state index in [1.165, 1.54) is 19.2 Å². The summed E-state index contributed by atoms with van der Waals surface area (Å²) < 4.78 is 15.8. The number of methoxy groups -OCH3 is 1. The van der Waals surface area contributed by atoms with Crippen LogP contribution in [0.5, 0.6) is 17.2 Å². The smallest absolute Gasteiger partial charge is 0.255 e. The zero-order chi connectivity index (χ0) is 21.4. The Morgan fingerprint density at radius 2 is 1.72 bits per heavy atom. The molecule has 10 heteroatoms. The van der Waals surface area contributed by atoms with Gasteiger partial charge in [-0.1, -0.05) is 11.6 Å². The van der Waals surface area contributed by atoms with Crippen molar-refractivity contribution >= 4 is 35.0 Å². The molecule has 9 nitrogen and oxygen atoms in total. The topological polar surface area (TPSA) is 143 Å². The standard InChI is InChI=1S/C19H20ClN3O6/c1-27-15-9-11(8-14(20)18(15)29-10-17(22)25)19(26)23-12-2-4-13(5-3-12)28-7-6-16(21)24/h2-5,8-9H,6-7,10H2,1H3,(H2,21,24)(H2,22,25)(H,23,26). The van der Waals surface area contributed by atoms with Crippen molar-refractivity contribution in [1.82, 2.24) is 0 Å². The molecular weight excluding hydrogens is 402 g/mol. The lowest BCUT2D eigenvalue weighted by Crippen LogP contribution is -2.20. The largest absolute Gasteiger partial charge is 0.493 e. The van der Waals surface area contributed by atoms with Crippen LogP contribution in [0.2, 0.25) is 5.02 Å². The summed E-state index contributed by atoms with van der Waals surface area (Å²) in [5, 5.41) is 2.80. The molecule has 0 saturated heterocycles. The van der Waals surface area contributed by atoms with Gasteiger partial charge in [-0.25, -0.2) is 0 Å². The van der Waals surface area contributed by atoms with Gasteiger partial charge in [-0.2, -0.15) is 0 Å². The number of rotatable bonds is 10. The normalized spacial score (nSPS) is 10.1.